The van der Waals surface area contributed by atoms with E-state index in [1.807, 2.05) is 16.8 Å². The number of aliphatic hydroxyl groups is 1. The number of nitrogens with two attached hydrogens (primary N) is 1. The van der Waals surface area contributed by atoms with Gasteiger partial charge in [-0.15, -0.1) is 11.3 Å². The highest BCUT2D eigenvalue weighted by atomic mass is 32.1. The average molecular weight is 385 g/mol. The van der Waals surface area contributed by atoms with Gasteiger partial charge in [-0.1, -0.05) is 13.5 Å². The predicted molar refractivity (Wildman–Crippen MR) is 111 cm³/mol. The summed E-state index contributed by atoms with van der Waals surface area (Å²) in [5, 5.41) is 15.6. The lowest BCUT2D eigenvalue weighted by Gasteiger charge is -2.05. The van der Waals surface area contributed by atoms with E-state index in [1.165, 1.54) is 6.33 Å². The van der Waals surface area contributed by atoms with Crippen LogP contribution in [0.4, 0.5) is 5.82 Å². The van der Waals surface area contributed by atoms with Gasteiger partial charge in [0.1, 0.15) is 17.8 Å². The number of rotatable bonds is 5. The topological polar surface area (TPSA) is 103 Å². The van der Waals surface area contributed by atoms with Gasteiger partial charge in [0, 0.05) is 24.6 Å². The van der Waals surface area contributed by atoms with Crippen LogP contribution in [0.5, 0.6) is 0 Å². The van der Waals surface area contributed by atoms with E-state index in [4.69, 9.17) is 15.9 Å². The van der Waals surface area contributed by atoms with Crippen LogP contribution in [0, 0.1) is 0 Å². The lowest BCUT2D eigenvalue weighted by molar-refractivity contribution is 0.288. The minimum absolute atomic E-state index is 0. The largest absolute Gasteiger partial charge is 0.396 e. The molecule has 27 heavy (non-hydrogen) atoms. The minimum Gasteiger partial charge on any atom is -0.396 e. The Kier molecular flexibility index (Phi) is 5.38. The van der Waals surface area contributed by atoms with Crippen LogP contribution in [0.25, 0.3) is 32.5 Å². The third kappa shape index (κ3) is 3.38. The molecule has 0 spiro atoms. The lowest BCUT2D eigenvalue weighted by atomic mass is 10.1. The molecule has 3 heterocycles. The zero-order valence-electron chi connectivity index (χ0n) is 14.7. The molecule has 0 bridgehead atoms. The second-order valence-electron chi connectivity index (χ2n) is 6.46. The van der Waals surface area contributed by atoms with E-state index < -0.39 is 0 Å². The maximum atomic E-state index is 9.01. The van der Waals surface area contributed by atoms with Gasteiger partial charge < -0.3 is 10.8 Å². The highest BCUT2D eigenvalue weighted by Gasteiger charge is 2.19. The van der Waals surface area contributed by atoms with Crippen LogP contribution < -0.4 is 5.73 Å². The highest BCUT2D eigenvalue weighted by molar-refractivity contribution is 7.18. The number of benzene rings is 1. The molecular formula is C19H24N6OS. The van der Waals surface area contributed by atoms with Crippen LogP contribution in [-0.2, 0) is 6.42 Å². The number of nitrogen functional groups attached to an aromatic ring is 1. The first kappa shape index (κ1) is 19.2. The monoisotopic (exact) mass is 384 g/mol. The maximum Gasteiger partial charge on any atom is 0.164 e. The van der Waals surface area contributed by atoms with Crippen molar-refractivity contribution in [1.29, 1.82) is 0 Å². The smallest absolute Gasteiger partial charge is 0.164 e. The Morgan fingerprint density at radius 1 is 1.26 bits per heavy atom. The SMILES string of the molecule is C.CC(C)n1nc(-c2ccc3nc(CCCO)sc3c2)c2c(N)ncnc21. The second kappa shape index (κ2) is 7.58. The Morgan fingerprint density at radius 3 is 2.81 bits per heavy atom. The summed E-state index contributed by atoms with van der Waals surface area (Å²) in [5.74, 6) is 0.435. The summed E-state index contributed by atoms with van der Waals surface area (Å²) in [5.41, 5.74) is 9.61. The molecule has 7 nitrogen and oxygen atoms in total. The molecule has 0 saturated carbocycles. The van der Waals surface area contributed by atoms with Gasteiger partial charge in [-0.2, -0.15) is 5.10 Å². The van der Waals surface area contributed by atoms with Crippen molar-refractivity contribution in [2.75, 3.05) is 12.3 Å². The summed E-state index contributed by atoms with van der Waals surface area (Å²) in [6.07, 6.45) is 2.99. The fraction of sp³-hybridized carbons (Fsp3) is 0.368. The molecule has 0 aliphatic carbocycles. The summed E-state index contributed by atoms with van der Waals surface area (Å²) >= 11 is 1.65. The van der Waals surface area contributed by atoms with Crippen molar-refractivity contribution < 1.29 is 5.11 Å². The summed E-state index contributed by atoms with van der Waals surface area (Å²) in [6.45, 7) is 4.31. The Morgan fingerprint density at radius 2 is 2.07 bits per heavy atom. The minimum atomic E-state index is 0. The van der Waals surface area contributed by atoms with Crippen molar-refractivity contribution >= 4 is 38.4 Å². The van der Waals surface area contributed by atoms with Gasteiger partial charge in [0.2, 0.25) is 0 Å². The molecule has 4 rings (SSSR count). The molecule has 0 aliphatic rings. The zero-order valence-corrected chi connectivity index (χ0v) is 15.5. The molecule has 142 valence electrons. The first-order valence-electron chi connectivity index (χ1n) is 8.58. The van der Waals surface area contributed by atoms with Crippen LogP contribution in [0.3, 0.4) is 0 Å². The fourth-order valence-corrected chi connectivity index (χ4v) is 4.06. The molecule has 0 fully saturated rings. The van der Waals surface area contributed by atoms with E-state index in [-0.39, 0.29) is 20.1 Å². The van der Waals surface area contributed by atoms with E-state index in [0.29, 0.717) is 5.82 Å². The number of fused-ring (bicyclic) bond motifs is 2. The fourth-order valence-electron chi connectivity index (χ4n) is 3.01. The van der Waals surface area contributed by atoms with Crippen molar-refractivity contribution in [3.63, 3.8) is 0 Å². The summed E-state index contributed by atoms with van der Waals surface area (Å²) < 4.78 is 2.98. The first-order chi connectivity index (χ1) is 12.6. The number of anilines is 1. The average Bonchev–Trinajstić information content (AvgIpc) is 3.21. The molecule has 0 saturated heterocycles. The Labute approximate surface area is 161 Å². The normalized spacial score (nSPS) is 11.4. The number of hydrogen-bond acceptors (Lipinski definition) is 7. The Hall–Kier alpha value is -2.58. The zero-order chi connectivity index (χ0) is 18.3. The van der Waals surface area contributed by atoms with E-state index >= 15 is 0 Å². The standard InChI is InChI=1S/C18H20N6OS.CH4/c1-10(2)24-18-15(17(19)20-9-21-18)16(23-24)11-5-6-12-13(8-11)26-14(22-12)4-3-7-25;/h5-6,8-10,25H,3-4,7H2,1-2H3,(H2,19,20,21);1H4. The quantitative estimate of drug-likeness (QED) is 0.542. The van der Waals surface area contributed by atoms with E-state index in [9.17, 15) is 0 Å². The number of aromatic nitrogens is 5. The molecule has 0 unspecified atom stereocenters. The number of hydrogen-bond donors (Lipinski definition) is 2. The maximum absolute atomic E-state index is 9.01. The van der Waals surface area contributed by atoms with Crippen LogP contribution >= 0.6 is 11.3 Å². The van der Waals surface area contributed by atoms with E-state index in [0.717, 1.165) is 50.4 Å². The van der Waals surface area contributed by atoms with Gasteiger partial charge in [0.05, 0.1) is 20.6 Å². The van der Waals surface area contributed by atoms with Gasteiger partial charge in [0.15, 0.2) is 5.65 Å². The molecule has 0 amide bonds. The first-order valence-corrected chi connectivity index (χ1v) is 9.39. The van der Waals surface area contributed by atoms with Crippen LogP contribution in [-0.4, -0.2) is 36.4 Å². The van der Waals surface area contributed by atoms with Gasteiger partial charge >= 0.3 is 0 Å². The third-order valence-electron chi connectivity index (χ3n) is 4.26. The predicted octanol–water partition coefficient (Wildman–Crippen LogP) is 3.83. The van der Waals surface area contributed by atoms with Crippen molar-refractivity contribution in [1.82, 2.24) is 24.7 Å². The number of thiazole rings is 1. The third-order valence-corrected chi connectivity index (χ3v) is 5.34. The van der Waals surface area contributed by atoms with Gasteiger partial charge in [0.25, 0.3) is 0 Å². The second-order valence-corrected chi connectivity index (χ2v) is 7.58. The summed E-state index contributed by atoms with van der Waals surface area (Å²) in [6, 6.07) is 6.27. The van der Waals surface area contributed by atoms with Gasteiger partial charge in [-0.05, 0) is 32.4 Å². The molecule has 8 heteroatoms. The molecule has 3 N–H and O–H groups in total. The van der Waals surface area contributed by atoms with Crippen molar-refractivity contribution in [2.24, 2.45) is 0 Å². The Bertz CT molecular complexity index is 1080. The van der Waals surface area contributed by atoms with Gasteiger partial charge in [-0.3, -0.25) is 0 Å². The summed E-state index contributed by atoms with van der Waals surface area (Å²) in [4.78, 5) is 13.2. The van der Waals surface area contributed by atoms with E-state index in [1.54, 1.807) is 11.3 Å². The van der Waals surface area contributed by atoms with Crippen molar-refractivity contribution in [3.8, 4) is 11.3 Å². The molecule has 1 aromatic carbocycles. The number of aliphatic hydroxyl groups excluding tert-OH is 1. The van der Waals surface area contributed by atoms with Crippen LogP contribution in [0.15, 0.2) is 24.5 Å². The number of nitrogens with zero attached hydrogens (tertiary/aromatic N) is 5. The Balaban J connectivity index is 0.00000210. The highest BCUT2D eigenvalue weighted by Crippen LogP contribution is 2.34. The molecule has 4 aromatic rings. The van der Waals surface area contributed by atoms with Crippen LogP contribution in [0.1, 0.15) is 38.7 Å². The van der Waals surface area contributed by atoms with Crippen molar-refractivity contribution in [3.05, 3.63) is 29.5 Å². The van der Waals surface area contributed by atoms with Crippen LogP contribution in [0.2, 0.25) is 0 Å². The van der Waals surface area contributed by atoms with Gasteiger partial charge in [-0.25, -0.2) is 19.6 Å². The molecule has 0 atom stereocenters. The van der Waals surface area contributed by atoms with E-state index in [2.05, 4.69) is 34.9 Å². The number of aryl methyl sites for hydroxylation is 1. The molecule has 0 aliphatic heterocycles. The summed E-state index contributed by atoms with van der Waals surface area (Å²) in [7, 11) is 0. The molecule has 0 radical (unpaired) electrons. The molecular weight excluding hydrogens is 360 g/mol. The van der Waals surface area contributed by atoms with Crippen molar-refractivity contribution in [2.45, 2.75) is 40.2 Å². The lowest BCUT2D eigenvalue weighted by Crippen LogP contribution is -2.04. The molecule has 3 aromatic heterocycles.